The maximum atomic E-state index is 12.6. The number of nitrogens with one attached hydrogen (secondary N) is 1. The molecular formula is C33H54NO5-. The van der Waals surface area contributed by atoms with E-state index in [2.05, 4.69) is 12.2 Å². The number of amides is 1. The average Bonchev–Trinajstić information content (AvgIpc) is 2.84. The van der Waals surface area contributed by atoms with Gasteiger partial charge in [0.25, 0.3) is 0 Å². The van der Waals surface area contributed by atoms with Gasteiger partial charge in [-0.05, 0) is 32.8 Å². The number of carbonyl (C=O) groups is 3. The standard InChI is InChI=1S/C33H55NO5/c1-7-8-9-10-11-12-13-14-15-16-17-18-19-20-21-26-27(32(37)38)22-23-28(31(26)39-25(2)3)34-30(36)24-29(35)33(4,5)6/h22-23,25H,7-21,24H2,1-6H3,(H,34,36)(H,37,38)/p-1. The molecule has 0 unspecified atom stereocenters. The van der Waals surface area contributed by atoms with Crippen molar-refractivity contribution < 1.29 is 24.2 Å². The van der Waals surface area contributed by atoms with Crippen LogP contribution < -0.4 is 15.2 Å². The van der Waals surface area contributed by atoms with Gasteiger partial charge in [0.15, 0.2) is 0 Å². The van der Waals surface area contributed by atoms with Gasteiger partial charge in [-0.1, -0.05) is 117 Å². The Kier molecular flexibility index (Phi) is 16.7. The summed E-state index contributed by atoms with van der Waals surface area (Å²) in [6.07, 6.45) is 17.5. The van der Waals surface area contributed by atoms with Crippen LogP contribution in [0.2, 0.25) is 0 Å². The number of anilines is 1. The molecule has 1 aromatic carbocycles. The first-order chi connectivity index (χ1) is 18.5. The number of ether oxygens (including phenoxy) is 1. The van der Waals surface area contributed by atoms with E-state index in [0.29, 0.717) is 23.4 Å². The first-order valence-electron chi connectivity index (χ1n) is 15.3. The lowest BCUT2D eigenvalue weighted by molar-refractivity contribution is -0.255. The van der Waals surface area contributed by atoms with Crippen molar-refractivity contribution in [2.45, 2.75) is 150 Å². The van der Waals surface area contributed by atoms with Crippen molar-refractivity contribution in [3.05, 3.63) is 23.3 Å². The van der Waals surface area contributed by atoms with Gasteiger partial charge in [0.2, 0.25) is 5.91 Å². The molecule has 0 aliphatic rings. The van der Waals surface area contributed by atoms with Gasteiger partial charge in [-0.3, -0.25) is 9.59 Å². The van der Waals surface area contributed by atoms with Crippen molar-refractivity contribution in [3.8, 4) is 5.75 Å². The number of Topliss-reactive ketones (excluding diaryl/α,β-unsaturated/α-hetero) is 1. The Morgan fingerprint density at radius 2 is 1.31 bits per heavy atom. The molecule has 1 N–H and O–H groups in total. The van der Waals surface area contributed by atoms with Crippen LogP contribution in [-0.2, 0) is 16.0 Å². The van der Waals surface area contributed by atoms with Crippen molar-refractivity contribution in [1.29, 1.82) is 0 Å². The maximum absolute atomic E-state index is 12.6. The van der Waals surface area contributed by atoms with Crippen LogP contribution >= 0.6 is 0 Å². The lowest BCUT2D eigenvalue weighted by atomic mass is 9.89. The number of carboxylic acid groups (broad SMARTS) is 1. The molecule has 0 aliphatic heterocycles. The van der Waals surface area contributed by atoms with Crippen molar-refractivity contribution >= 4 is 23.3 Å². The summed E-state index contributed by atoms with van der Waals surface area (Å²) < 4.78 is 6.02. The number of rotatable bonds is 21. The molecule has 0 heterocycles. The summed E-state index contributed by atoms with van der Waals surface area (Å²) in [6, 6.07) is 2.99. The molecule has 0 saturated carbocycles. The Balaban J connectivity index is 2.64. The molecule has 0 aromatic heterocycles. The molecule has 0 spiro atoms. The third-order valence-electron chi connectivity index (χ3n) is 7.05. The predicted octanol–water partition coefficient (Wildman–Crippen LogP) is 7.80. The second-order valence-electron chi connectivity index (χ2n) is 12.2. The Bertz CT molecular complexity index is 885. The number of unbranched alkanes of at least 4 members (excludes halogenated alkanes) is 13. The number of benzene rings is 1. The molecule has 6 nitrogen and oxygen atoms in total. The van der Waals surface area contributed by atoms with E-state index in [-0.39, 0.29) is 23.9 Å². The summed E-state index contributed by atoms with van der Waals surface area (Å²) in [5, 5.41) is 14.7. The molecule has 39 heavy (non-hydrogen) atoms. The van der Waals surface area contributed by atoms with Crippen LogP contribution in [0.3, 0.4) is 0 Å². The molecule has 0 saturated heterocycles. The van der Waals surface area contributed by atoms with Gasteiger partial charge in [-0.2, -0.15) is 0 Å². The highest BCUT2D eigenvalue weighted by Crippen LogP contribution is 2.34. The molecule has 0 atom stereocenters. The van der Waals surface area contributed by atoms with Gasteiger partial charge in [0, 0.05) is 16.5 Å². The summed E-state index contributed by atoms with van der Waals surface area (Å²) >= 11 is 0. The van der Waals surface area contributed by atoms with Crippen LogP contribution in [0.15, 0.2) is 12.1 Å². The second kappa shape index (κ2) is 18.8. The number of carboxylic acids is 1. The van der Waals surface area contributed by atoms with Crippen molar-refractivity contribution in [2.75, 3.05) is 5.32 Å². The van der Waals surface area contributed by atoms with E-state index in [9.17, 15) is 19.5 Å². The summed E-state index contributed by atoms with van der Waals surface area (Å²) in [5.41, 5.74) is 0.402. The third-order valence-corrected chi connectivity index (χ3v) is 7.05. The highest BCUT2D eigenvalue weighted by atomic mass is 16.5. The molecule has 1 amide bonds. The van der Waals surface area contributed by atoms with Gasteiger partial charge in [0.1, 0.15) is 11.5 Å². The normalized spacial score (nSPS) is 11.6. The van der Waals surface area contributed by atoms with Crippen molar-refractivity contribution in [2.24, 2.45) is 5.41 Å². The molecule has 1 aromatic rings. The van der Waals surface area contributed by atoms with Gasteiger partial charge in [-0.15, -0.1) is 0 Å². The molecule has 6 heteroatoms. The zero-order valence-electron chi connectivity index (χ0n) is 25.6. The minimum absolute atomic E-state index is 0.0871. The Morgan fingerprint density at radius 1 is 0.821 bits per heavy atom. The number of ketones is 1. The van der Waals surface area contributed by atoms with Crippen LogP contribution in [0.1, 0.15) is 154 Å². The Morgan fingerprint density at radius 3 is 1.74 bits per heavy atom. The van der Waals surface area contributed by atoms with E-state index in [4.69, 9.17) is 4.74 Å². The predicted molar refractivity (Wildman–Crippen MR) is 158 cm³/mol. The van der Waals surface area contributed by atoms with Crippen LogP contribution in [0, 0.1) is 5.41 Å². The molecule has 0 bridgehead atoms. The fraction of sp³-hybridized carbons (Fsp3) is 0.727. The summed E-state index contributed by atoms with van der Waals surface area (Å²) in [7, 11) is 0. The Labute approximate surface area is 237 Å². The van der Waals surface area contributed by atoms with E-state index in [0.717, 1.165) is 19.3 Å². The number of aromatic carboxylic acids is 1. The number of hydrogen-bond acceptors (Lipinski definition) is 5. The second-order valence-corrected chi connectivity index (χ2v) is 12.2. The van der Waals surface area contributed by atoms with Crippen LogP contribution in [0.25, 0.3) is 0 Å². The van der Waals surface area contributed by atoms with E-state index < -0.39 is 17.3 Å². The molecular weight excluding hydrogens is 490 g/mol. The van der Waals surface area contributed by atoms with Gasteiger partial charge < -0.3 is 20.0 Å². The quantitative estimate of drug-likeness (QED) is 0.126. The topological polar surface area (TPSA) is 95.5 Å². The van der Waals surface area contributed by atoms with E-state index in [1.54, 1.807) is 20.8 Å². The molecule has 0 fully saturated rings. The Hall–Kier alpha value is -2.37. The SMILES string of the molecule is CCCCCCCCCCCCCCCCc1c(C(=O)[O-])ccc(NC(=O)CC(=O)C(C)(C)C)c1OC(C)C. The lowest BCUT2D eigenvalue weighted by Gasteiger charge is -2.22. The first kappa shape index (κ1) is 34.7. The van der Waals surface area contributed by atoms with Gasteiger partial charge >= 0.3 is 0 Å². The molecule has 222 valence electrons. The van der Waals surface area contributed by atoms with Crippen LogP contribution in [0.4, 0.5) is 5.69 Å². The zero-order chi connectivity index (χ0) is 29.3. The maximum Gasteiger partial charge on any atom is 0.231 e. The number of hydrogen-bond donors (Lipinski definition) is 1. The van der Waals surface area contributed by atoms with Crippen LogP contribution in [-0.4, -0.2) is 23.8 Å². The monoisotopic (exact) mass is 544 g/mol. The highest BCUT2D eigenvalue weighted by Gasteiger charge is 2.25. The highest BCUT2D eigenvalue weighted by molar-refractivity contribution is 6.06. The summed E-state index contributed by atoms with van der Waals surface area (Å²) in [5.74, 6) is -1.50. The fourth-order valence-corrected chi connectivity index (χ4v) is 4.64. The summed E-state index contributed by atoms with van der Waals surface area (Å²) in [6.45, 7) is 11.3. The van der Waals surface area contributed by atoms with E-state index >= 15 is 0 Å². The van der Waals surface area contributed by atoms with Crippen LogP contribution in [0.5, 0.6) is 5.75 Å². The van der Waals surface area contributed by atoms with Crippen molar-refractivity contribution in [3.63, 3.8) is 0 Å². The minimum atomic E-state index is -1.26. The minimum Gasteiger partial charge on any atom is -0.545 e. The van der Waals surface area contributed by atoms with E-state index in [1.807, 2.05) is 13.8 Å². The number of carbonyl (C=O) groups excluding carboxylic acids is 3. The largest absolute Gasteiger partial charge is 0.545 e. The zero-order valence-corrected chi connectivity index (χ0v) is 25.6. The molecule has 0 aliphatic carbocycles. The summed E-state index contributed by atoms with van der Waals surface area (Å²) in [4.78, 5) is 36.8. The van der Waals surface area contributed by atoms with Gasteiger partial charge in [-0.25, -0.2) is 0 Å². The average molecular weight is 545 g/mol. The van der Waals surface area contributed by atoms with Gasteiger partial charge in [0.05, 0.1) is 24.2 Å². The third kappa shape index (κ3) is 14.5. The fourth-order valence-electron chi connectivity index (χ4n) is 4.64. The first-order valence-corrected chi connectivity index (χ1v) is 15.3. The lowest BCUT2D eigenvalue weighted by Crippen LogP contribution is -2.27. The smallest absolute Gasteiger partial charge is 0.231 e. The van der Waals surface area contributed by atoms with E-state index in [1.165, 1.54) is 82.8 Å². The molecule has 1 rings (SSSR count). The molecule has 0 radical (unpaired) electrons. The van der Waals surface area contributed by atoms with Crippen molar-refractivity contribution in [1.82, 2.24) is 0 Å².